The van der Waals surface area contributed by atoms with Gasteiger partial charge < -0.3 is 15.5 Å². The Bertz CT molecular complexity index is 1090. The van der Waals surface area contributed by atoms with E-state index in [-0.39, 0.29) is 5.56 Å². The van der Waals surface area contributed by atoms with Gasteiger partial charge in [0.15, 0.2) is 0 Å². The topological polar surface area (TPSA) is 110 Å². The van der Waals surface area contributed by atoms with Crippen LogP contribution in [-0.2, 0) is 11.2 Å². The van der Waals surface area contributed by atoms with Crippen LogP contribution in [0.4, 0.5) is 10.2 Å². The first-order valence-electron chi connectivity index (χ1n) is 10.3. The molecule has 2 heterocycles. The van der Waals surface area contributed by atoms with E-state index in [1.165, 1.54) is 24.3 Å². The van der Waals surface area contributed by atoms with Crippen LogP contribution in [0, 0.1) is 28.5 Å². The highest BCUT2D eigenvalue weighted by atomic mass is 32.2. The highest BCUT2D eigenvalue weighted by molar-refractivity contribution is 8.00. The molecule has 0 radical (unpaired) electrons. The summed E-state index contributed by atoms with van der Waals surface area (Å²) < 4.78 is 13.4. The normalized spacial score (nSPS) is 16.6. The maximum Gasteiger partial charge on any atom is 0.235 e. The minimum Gasteiger partial charge on any atom is -0.368 e. The molecule has 1 amide bonds. The largest absolute Gasteiger partial charge is 0.368 e. The number of aromatic nitrogens is 1. The van der Waals surface area contributed by atoms with Crippen LogP contribution in [0.15, 0.2) is 29.3 Å². The zero-order valence-corrected chi connectivity index (χ0v) is 19.1. The maximum atomic E-state index is 13.4. The fourth-order valence-corrected chi connectivity index (χ4v) is 4.95. The minimum atomic E-state index is -0.853. The molecule has 9 heteroatoms. The first-order valence-corrected chi connectivity index (χ1v) is 11.2. The Balaban J connectivity index is 2.10. The Kier molecular flexibility index (Phi) is 7.34. The molecule has 2 atom stereocenters. The van der Waals surface area contributed by atoms with Gasteiger partial charge in [0.1, 0.15) is 34.0 Å². The van der Waals surface area contributed by atoms with Crippen molar-refractivity contribution in [2.45, 2.75) is 36.1 Å². The van der Waals surface area contributed by atoms with E-state index in [4.69, 9.17) is 10.7 Å². The first-order chi connectivity index (χ1) is 15.3. The van der Waals surface area contributed by atoms with Gasteiger partial charge in [-0.3, -0.25) is 4.79 Å². The molecule has 0 bridgehead atoms. The van der Waals surface area contributed by atoms with E-state index in [2.05, 4.69) is 21.9 Å². The third-order valence-corrected chi connectivity index (χ3v) is 6.94. The third-order valence-electron chi connectivity index (χ3n) is 5.68. The van der Waals surface area contributed by atoms with Crippen molar-refractivity contribution < 1.29 is 9.18 Å². The summed E-state index contributed by atoms with van der Waals surface area (Å²) in [5.41, 5.74) is 7.45. The monoisotopic (exact) mass is 452 g/mol. The lowest BCUT2D eigenvalue weighted by Crippen LogP contribution is -2.32. The van der Waals surface area contributed by atoms with Crippen LogP contribution in [0.25, 0.3) is 0 Å². The fraction of sp³-hybridized carbons (Fsp3) is 0.391. The lowest BCUT2D eigenvalue weighted by Gasteiger charge is -2.24. The van der Waals surface area contributed by atoms with Crippen molar-refractivity contribution in [3.63, 3.8) is 0 Å². The summed E-state index contributed by atoms with van der Waals surface area (Å²) in [5, 5.41) is 19.3. The molecule has 1 aliphatic rings. The van der Waals surface area contributed by atoms with Crippen molar-refractivity contribution in [2.24, 2.45) is 5.73 Å². The van der Waals surface area contributed by atoms with Gasteiger partial charge in [-0.25, -0.2) is 9.37 Å². The van der Waals surface area contributed by atoms with Gasteiger partial charge in [0.2, 0.25) is 5.91 Å². The second-order valence-corrected chi connectivity index (χ2v) is 8.94. The smallest absolute Gasteiger partial charge is 0.235 e. The lowest BCUT2D eigenvalue weighted by atomic mass is 10.0. The predicted molar refractivity (Wildman–Crippen MR) is 122 cm³/mol. The number of hydrogen-bond donors (Lipinski definition) is 1. The van der Waals surface area contributed by atoms with Crippen molar-refractivity contribution in [1.29, 1.82) is 10.5 Å². The van der Waals surface area contributed by atoms with E-state index < -0.39 is 17.0 Å². The van der Waals surface area contributed by atoms with Crippen molar-refractivity contribution in [3.05, 3.63) is 52.3 Å². The summed E-state index contributed by atoms with van der Waals surface area (Å²) in [6, 6.07) is 10.3. The van der Waals surface area contributed by atoms with Crippen LogP contribution >= 0.6 is 11.8 Å². The number of nitriles is 2. The van der Waals surface area contributed by atoms with Crippen molar-refractivity contribution >= 4 is 23.5 Å². The molecule has 32 heavy (non-hydrogen) atoms. The molecule has 1 saturated heterocycles. The van der Waals surface area contributed by atoms with Crippen LogP contribution in [0.3, 0.4) is 0 Å². The summed E-state index contributed by atoms with van der Waals surface area (Å²) in [4.78, 5) is 21.2. The van der Waals surface area contributed by atoms with E-state index in [1.54, 1.807) is 0 Å². The molecule has 0 aliphatic carbocycles. The lowest BCUT2D eigenvalue weighted by molar-refractivity contribution is -0.117. The number of primary amides is 1. The second-order valence-electron chi connectivity index (χ2n) is 7.85. The highest BCUT2D eigenvalue weighted by Crippen LogP contribution is 2.40. The van der Waals surface area contributed by atoms with Crippen LogP contribution in [0.5, 0.6) is 0 Å². The van der Waals surface area contributed by atoms with Gasteiger partial charge in [-0.1, -0.05) is 30.8 Å². The summed E-state index contributed by atoms with van der Waals surface area (Å²) in [6.07, 6.45) is 1.40. The van der Waals surface area contributed by atoms with E-state index in [1.807, 2.05) is 21.0 Å². The number of anilines is 1. The molecular formula is C23H25FN6OS. The molecule has 2 unspecified atom stereocenters. The molecule has 0 saturated carbocycles. The van der Waals surface area contributed by atoms with Gasteiger partial charge in [0, 0.05) is 19.1 Å². The summed E-state index contributed by atoms with van der Waals surface area (Å²) in [5.74, 6) is -0.515. The zero-order chi connectivity index (χ0) is 23.4. The van der Waals surface area contributed by atoms with Gasteiger partial charge in [0.25, 0.3) is 0 Å². The number of benzene rings is 1. The molecule has 3 rings (SSSR count). The van der Waals surface area contributed by atoms with E-state index in [0.717, 1.165) is 24.7 Å². The average molecular weight is 453 g/mol. The number of thioether (sulfide) groups is 1. The molecule has 166 valence electrons. The Hall–Kier alpha value is -3.14. The predicted octanol–water partition coefficient (Wildman–Crippen LogP) is 2.99. The minimum absolute atomic E-state index is 0.273. The van der Waals surface area contributed by atoms with Crippen LogP contribution in [0.2, 0.25) is 0 Å². The van der Waals surface area contributed by atoms with Gasteiger partial charge in [0.05, 0.1) is 11.1 Å². The molecule has 1 aliphatic heterocycles. The molecule has 0 spiro atoms. The number of hydrogen-bond acceptors (Lipinski definition) is 7. The third kappa shape index (κ3) is 4.69. The molecular weight excluding hydrogens is 427 g/mol. The van der Waals surface area contributed by atoms with E-state index >= 15 is 0 Å². The van der Waals surface area contributed by atoms with Crippen molar-refractivity contribution in [2.75, 3.05) is 32.1 Å². The Morgan fingerprint density at radius 1 is 1.31 bits per heavy atom. The fourth-order valence-electron chi connectivity index (χ4n) is 3.89. The number of likely N-dealkylation sites (N-methyl/N-ethyl adjacent to an activating group) is 1. The van der Waals surface area contributed by atoms with E-state index in [9.17, 15) is 19.7 Å². The Labute approximate surface area is 191 Å². The average Bonchev–Trinajstić information content (AvgIpc) is 3.27. The Morgan fingerprint density at radius 3 is 2.47 bits per heavy atom. The number of pyridine rings is 1. The molecule has 1 aromatic carbocycles. The standard InChI is InChI=1S/C23H25FN6OS/c1-4-17-18(11-25)22(30-10-9-16(13-30)29(2)3)28-23(19(17)12-26)32-20(21(27)31)14-5-7-15(24)8-6-14/h5-8,16,20H,4,9-10,13H2,1-3H3,(H2,27,31). The van der Waals surface area contributed by atoms with Crippen LogP contribution < -0.4 is 10.6 Å². The summed E-state index contributed by atoms with van der Waals surface area (Å²) in [7, 11) is 4.04. The number of nitrogens with two attached hydrogens (primary N) is 1. The number of nitrogens with zero attached hydrogens (tertiary/aromatic N) is 5. The highest BCUT2D eigenvalue weighted by Gasteiger charge is 2.31. The zero-order valence-electron chi connectivity index (χ0n) is 18.3. The number of halogens is 1. The van der Waals surface area contributed by atoms with Gasteiger partial charge in [-0.15, -0.1) is 0 Å². The van der Waals surface area contributed by atoms with E-state index in [0.29, 0.717) is 46.5 Å². The Morgan fingerprint density at radius 2 is 1.97 bits per heavy atom. The summed E-state index contributed by atoms with van der Waals surface area (Å²) >= 11 is 1.06. The maximum absolute atomic E-state index is 13.4. The number of carbonyl (C=O) groups excluding carboxylic acids is 1. The van der Waals surface area contributed by atoms with Crippen molar-refractivity contribution in [1.82, 2.24) is 9.88 Å². The second kappa shape index (κ2) is 9.99. The first kappa shape index (κ1) is 23.5. The molecule has 7 nitrogen and oxygen atoms in total. The quantitative estimate of drug-likeness (QED) is 0.643. The molecule has 2 N–H and O–H groups in total. The molecule has 1 fully saturated rings. The van der Waals surface area contributed by atoms with Gasteiger partial charge >= 0.3 is 0 Å². The SMILES string of the molecule is CCc1c(C#N)c(SC(C(N)=O)c2ccc(F)cc2)nc(N2CCC(N(C)C)C2)c1C#N. The molecule has 1 aromatic heterocycles. The van der Waals surface area contributed by atoms with Gasteiger partial charge in [-0.2, -0.15) is 10.5 Å². The van der Waals surface area contributed by atoms with Crippen LogP contribution in [0.1, 0.15) is 40.8 Å². The summed E-state index contributed by atoms with van der Waals surface area (Å²) in [6.45, 7) is 3.33. The van der Waals surface area contributed by atoms with Crippen LogP contribution in [-0.4, -0.2) is 49.0 Å². The van der Waals surface area contributed by atoms with Crippen molar-refractivity contribution in [3.8, 4) is 12.1 Å². The number of amides is 1. The molecule has 2 aromatic rings. The van der Waals surface area contributed by atoms with Gasteiger partial charge in [-0.05, 0) is 50.2 Å². The number of rotatable bonds is 7. The number of carbonyl (C=O) groups is 1.